The van der Waals surface area contributed by atoms with Gasteiger partial charge in [-0.05, 0) is 36.1 Å². The van der Waals surface area contributed by atoms with Crippen molar-refractivity contribution in [2.75, 3.05) is 26.5 Å². The lowest BCUT2D eigenvalue weighted by atomic mass is 9.80. The van der Waals surface area contributed by atoms with Gasteiger partial charge in [0.1, 0.15) is 11.5 Å². The number of carbonyl (C=O) groups excluding carboxylic acids is 1. The highest BCUT2D eigenvalue weighted by atomic mass is 32.2. The normalized spacial score (nSPS) is 21.0. The van der Waals surface area contributed by atoms with E-state index in [2.05, 4.69) is 13.0 Å². The van der Waals surface area contributed by atoms with Crippen LogP contribution in [-0.4, -0.2) is 49.1 Å². The second-order valence-electron chi connectivity index (χ2n) is 8.28. The van der Waals surface area contributed by atoms with Crippen molar-refractivity contribution in [3.05, 3.63) is 59.3 Å². The Bertz CT molecular complexity index is 1100. The first-order valence-corrected chi connectivity index (χ1v) is 11.9. The summed E-state index contributed by atoms with van der Waals surface area (Å²) in [5.41, 5.74) is 3.61. The molecule has 3 aliphatic heterocycles. The van der Waals surface area contributed by atoms with E-state index in [1.807, 2.05) is 53.8 Å². The van der Waals surface area contributed by atoms with Crippen LogP contribution in [-0.2, 0) is 0 Å². The molecular weight excluding hydrogens is 408 g/mol. The predicted octanol–water partition coefficient (Wildman–Crippen LogP) is 4.92. The maximum atomic E-state index is 13.3. The first-order chi connectivity index (χ1) is 15.1. The van der Waals surface area contributed by atoms with Gasteiger partial charge in [-0.2, -0.15) is 0 Å². The Kier molecular flexibility index (Phi) is 5.05. The summed E-state index contributed by atoms with van der Waals surface area (Å²) in [6.45, 7) is 3.43. The monoisotopic (exact) mass is 434 g/mol. The number of nitrogens with zero attached hydrogens (tertiary/aromatic N) is 2. The maximum Gasteiger partial charge on any atom is 0.257 e. The van der Waals surface area contributed by atoms with Gasteiger partial charge in [-0.25, -0.2) is 0 Å². The highest BCUT2D eigenvalue weighted by molar-refractivity contribution is 7.98. The van der Waals surface area contributed by atoms with Gasteiger partial charge in [-0.3, -0.25) is 9.79 Å². The zero-order valence-electron chi connectivity index (χ0n) is 18.1. The Hall–Kier alpha value is -2.73. The van der Waals surface area contributed by atoms with Crippen LogP contribution in [0.15, 0.2) is 58.0 Å². The number of methoxy groups -OCH3 is 1. The van der Waals surface area contributed by atoms with E-state index in [0.717, 1.165) is 34.7 Å². The van der Waals surface area contributed by atoms with Gasteiger partial charge in [0.2, 0.25) is 0 Å². The van der Waals surface area contributed by atoms with Crippen molar-refractivity contribution in [1.82, 2.24) is 4.90 Å². The van der Waals surface area contributed by atoms with Gasteiger partial charge in [0.15, 0.2) is 5.60 Å². The van der Waals surface area contributed by atoms with E-state index in [-0.39, 0.29) is 11.8 Å². The van der Waals surface area contributed by atoms with Crippen LogP contribution < -0.4 is 9.47 Å². The molecule has 0 N–H and O–H groups in total. The molecule has 1 fully saturated rings. The number of benzene rings is 2. The highest BCUT2D eigenvalue weighted by Gasteiger charge is 2.48. The molecule has 31 heavy (non-hydrogen) atoms. The van der Waals surface area contributed by atoms with Crippen LogP contribution in [0.2, 0.25) is 0 Å². The predicted molar refractivity (Wildman–Crippen MR) is 124 cm³/mol. The van der Waals surface area contributed by atoms with E-state index in [1.165, 1.54) is 5.57 Å². The summed E-state index contributed by atoms with van der Waals surface area (Å²) >= 11 is 1.63. The Morgan fingerprint density at radius 3 is 2.74 bits per heavy atom. The van der Waals surface area contributed by atoms with E-state index in [0.29, 0.717) is 24.4 Å². The van der Waals surface area contributed by atoms with Crippen molar-refractivity contribution >= 4 is 29.5 Å². The van der Waals surface area contributed by atoms with E-state index in [1.54, 1.807) is 18.9 Å². The molecule has 3 heterocycles. The summed E-state index contributed by atoms with van der Waals surface area (Å²) in [4.78, 5) is 21.1. The van der Waals surface area contributed by atoms with Gasteiger partial charge in [0.05, 0.1) is 18.4 Å². The molecule has 5 rings (SSSR count). The first kappa shape index (κ1) is 20.2. The summed E-state index contributed by atoms with van der Waals surface area (Å²) in [6.07, 6.45) is 5.48. The van der Waals surface area contributed by atoms with Crippen LogP contribution in [0.3, 0.4) is 0 Å². The number of aliphatic imine (C=N–C) groups is 1. The smallest absolute Gasteiger partial charge is 0.257 e. The minimum Gasteiger partial charge on any atom is -0.496 e. The Morgan fingerprint density at radius 2 is 2.00 bits per heavy atom. The molecule has 0 radical (unpaired) electrons. The van der Waals surface area contributed by atoms with E-state index >= 15 is 0 Å². The second kappa shape index (κ2) is 7.75. The molecule has 1 amide bonds. The SMILES string of the molecule is COc1cc(SC)ccc1C(=O)N1CCC2(CC1)Oc1ccccc1C1=C2N=CC1C. The molecule has 6 heteroatoms. The van der Waals surface area contributed by atoms with Gasteiger partial charge in [0.25, 0.3) is 5.91 Å². The Labute approximate surface area is 187 Å². The molecule has 2 aromatic carbocycles. The fourth-order valence-electron chi connectivity index (χ4n) is 4.87. The Balaban J connectivity index is 1.41. The number of fused-ring (bicyclic) bond motifs is 3. The average Bonchev–Trinajstić information content (AvgIpc) is 3.21. The van der Waals surface area contributed by atoms with Crippen molar-refractivity contribution in [2.45, 2.75) is 30.3 Å². The number of piperidine rings is 1. The third kappa shape index (κ3) is 3.24. The molecule has 2 aromatic rings. The topological polar surface area (TPSA) is 51.1 Å². The summed E-state index contributed by atoms with van der Waals surface area (Å²) in [7, 11) is 1.61. The van der Waals surface area contributed by atoms with Crippen LogP contribution in [0.4, 0.5) is 0 Å². The fraction of sp³-hybridized carbons (Fsp3) is 0.360. The van der Waals surface area contributed by atoms with Crippen LogP contribution in [0.1, 0.15) is 35.7 Å². The first-order valence-electron chi connectivity index (χ1n) is 10.6. The largest absolute Gasteiger partial charge is 0.496 e. The third-order valence-electron chi connectivity index (χ3n) is 6.55. The van der Waals surface area contributed by atoms with Crippen LogP contribution in [0, 0.1) is 5.92 Å². The quantitative estimate of drug-likeness (QED) is 0.644. The van der Waals surface area contributed by atoms with E-state index in [9.17, 15) is 4.79 Å². The van der Waals surface area contributed by atoms with Gasteiger partial charge in [-0.15, -0.1) is 11.8 Å². The standard InChI is InChI=1S/C25H26N2O3S/c1-16-15-26-23-22(16)18-6-4-5-7-20(18)30-25(23)10-12-27(13-11-25)24(28)19-9-8-17(31-3)14-21(19)29-2/h4-9,14-16H,10-13H2,1-3H3. The molecule has 1 saturated heterocycles. The van der Waals surface area contributed by atoms with Crippen molar-refractivity contribution in [1.29, 1.82) is 0 Å². The lowest BCUT2D eigenvalue weighted by molar-refractivity contribution is 0.0251. The molecular formula is C25H26N2O3S. The molecule has 160 valence electrons. The number of carbonyl (C=O) groups is 1. The van der Waals surface area contributed by atoms with Gasteiger partial charge in [-0.1, -0.05) is 25.1 Å². The number of hydrogen-bond acceptors (Lipinski definition) is 5. The third-order valence-corrected chi connectivity index (χ3v) is 7.27. The molecule has 0 aliphatic carbocycles. The van der Waals surface area contributed by atoms with Crippen LogP contribution in [0.5, 0.6) is 11.5 Å². The van der Waals surface area contributed by atoms with Gasteiger partial charge >= 0.3 is 0 Å². The zero-order chi connectivity index (χ0) is 21.6. The highest BCUT2D eigenvalue weighted by Crippen LogP contribution is 2.50. The number of likely N-dealkylation sites (tertiary alicyclic amines) is 1. The lowest BCUT2D eigenvalue weighted by Crippen LogP contribution is -2.51. The number of amides is 1. The number of ether oxygens (including phenoxy) is 2. The fourth-order valence-corrected chi connectivity index (χ4v) is 5.30. The molecule has 3 aliphatic rings. The van der Waals surface area contributed by atoms with Crippen molar-refractivity contribution in [2.24, 2.45) is 10.9 Å². The minimum absolute atomic E-state index is 0.00746. The number of para-hydroxylation sites is 1. The summed E-state index contributed by atoms with van der Waals surface area (Å²) < 4.78 is 12.1. The number of thioether (sulfide) groups is 1. The van der Waals surface area contributed by atoms with Crippen molar-refractivity contribution in [3.8, 4) is 11.5 Å². The summed E-state index contributed by atoms with van der Waals surface area (Å²) in [5, 5.41) is 0. The van der Waals surface area contributed by atoms with Crippen molar-refractivity contribution in [3.63, 3.8) is 0 Å². The molecule has 1 spiro atoms. The minimum atomic E-state index is -0.464. The summed E-state index contributed by atoms with van der Waals surface area (Å²) in [6, 6.07) is 14.0. The molecule has 0 saturated carbocycles. The van der Waals surface area contributed by atoms with Crippen molar-refractivity contribution < 1.29 is 14.3 Å². The second-order valence-corrected chi connectivity index (χ2v) is 9.16. The Morgan fingerprint density at radius 1 is 1.23 bits per heavy atom. The van der Waals surface area contributed by atoms with E-state index < -0.39 is 5.60 Å². The summed E-state index contributed by atoms with van der Waals surface area (Å²) in [5.74, 6) is 1.83. The molecule has 0 aromatic heterocycles. The van der Waals surface area contributed by atoms with Crippen LogP contribution >= 0.6 is 11.8 Å². The number of allylic oxidation sites excluding steroid dienone is 1. The molecule has 1 unspecified atom stereocenters. The zero-order valence-corrected chi connectivity index (χ0v) is 18.9. The molecule has 0 bridgehead atoms. The van der Waals surface area contributed by atoms with Crippen LogP contribution in [0.25, 0.3) is 5.57 Å². The molecule has 1 atom stereocenters. The van der Waals surface area contributed by atoms with Gasteiger partial charge < -0.3 is 14.4 Å². The molecule has 5 nitrogen and oxygen atoms in total. The lowest BCUT2D eigenvalue weighted by Gasteiger charge is -2.44. The number of hydrogen-bond donors (Lipinski definition) is 0. The number of rotatable bonds is 3. The van der Waals surface area contributed by atoms with E-state index in [4.69, 9.17) is 14.5 Å². The maximum absolute atomic E-state index is 13.3. The average molecular weight is 435 g/mol. The van der Waals surface area contributed by atoms with Gasteiger partial charge in [0, 0.05) is 48.5 Å².